The van der Waals surface area contributed by atoms with Gasteiger partial charge in [-0.25, -0.2) is 0 Å². The first-order valence-electron chi connectivity index (χ1n) is 11.3. The Morgan fingerprint density at radius 2 is 1.60 bits per heavy atom. The number of aliphatic hydroxyl groups is 1. The van der Waals surface area contributed by atoms with Crippen molar-refractivity contribution in [3.8, 4) is 11.5 Å². The molecule has 0 aliphatic carbocycles. The van der Waals surface area contributed by atoms with Gasteiger partial charge in [0.1, 0.15) is 11.5 Å². The minimum Gasteiger partial charge on any atom is -0.508 e. The van der Waals surface area contributed by atoms with Gasteiger partial charge in [0.25, 0.3) is 0 Å². The molecule has 0 saturated heterocycles. The number of amides is 1. The van der Waals surface area contributed by atoms with Crippen molar-refractivity contribution >= 4 is 29.1 Å². The van der Waals surface area contributed by atoms with E-state index in [1.54, 1.807) is 12.1 Å². The third kappa shape index (κ3) is 8.44. The van der Waals surface area contributed by atoms with E-state index in [1.807, 2.05) is 44.2 Å². The molecule has 35 heavy (non-hydrogen) atoms. The highest BCUT2D eigenvalue weighted by Crippen LogP contribution is 2.25. The number of carbonyl (C=O) groups excluding carboxylic acids is 1. The molecular formula is C27H30Cl2N2O4. The van der Waals surface area contributed by atoms with E-state index in [-0.39, 0.29) is 35.9 Å². The maximum Gasteiger partial charge on any atom is 0.224 e. The second kappa shape index (κ2) is 11.8. The molecule has 0 unspecified atom stereocenters. The van der Waals surface area contributed by atoms with E-state index in [4.69, 9.17) is 23.2 Å². The lowest BCUT2D eigenvalue weighted by atomic mass is 9.93. The highest BCUT2D eigenvalue weighted by Gasteiger charge is 2.20. The number of aromatic hydroxyl groups is 2. The normalized spacial score (nSPS) is 12.4. The summed E-state index contributed by atoms with van der Waals surface area (Å²) >= 11 is 12.0. The van der Waals surface area contributed by atoms with Crippen molar-refractivity contribution in [1.29, 1.82) is 0 Å². The maximum atomic E-state index is 12.4. The predicted molar refractivity (Wildman–Crippen MR) is 139 cm³/mol. The Morgan fingerprint density at radius 3 is 2.29 bits per heavy atom. The van der Waals surface area contributed by atoms with E-state index in [9.17, 15) is 20.1 Å². The second-order valence-corrected chi connectivity index (χ2v) is 10.1. The summed E-state index contributed by atoms with van der Waals surface area (Å²) in [6, 6.07) is 17.2. The second-order valence-electron chi connectivity index (χ2n) is 9.26. The lowest BCUT2D eigenvalue weighted by molar-refractivity contribution is -0.120. The van der Waals surface area contributed by atoms with E-state index < -0.39 is 6.10 Å². The summed E-state index contributed by atoms with van der Waals surface area (Å²) in [4.78, 5) is 12.4. The molecule has 1 atom stereocenters. The van der Waals surface area contributed by atoms with Crippen LogP contribution in [0.25, 0.3) is 0 Å². The number of rotatable bonds is 10. The lowest BCUT2D eigenvalue weighted by Crippen LogP contribution is -2.43. The first-order valence-corrected chi connectivity index (χ1v) is 12.0. The standard InChI is InChI=1S/C27H30Cl2N2O4/c1-27(2,31-16-25(34)20-11-21(32)13-22(33)12-20)14-18-5-3-4-17(8-18)10-26(35)30-15-19-6-7-23(28)24(29)9-19/h3-9,11-13,25,31-34H,10,14-16H2,1-2H3,(H,30,35)/t25-/m0/s1. The number of β-amino-alcohol motifs (C(OH)–C–C–N with tert-alkyl or cyclic N) is 1. The number of carbonyl (C=O) groups is 1. The van der Waals surface area contributed by atoms with Crippen LogP contribution in [0.15, 0.2) is 60.7 Å². The van der Waals surface area contributed by atoms with Crippen molar-refractivity contribution in [2.24, 2.45) is 0 Å². The Labute approximate surface area is 215 Å². The van der Waals surface area contributed by atoms with Gasteiger partial charge in [0.2, 0.25) is 5.91 Å². The molecule has 1 amide bonds. The zero-order chi connectivity index (χ0) is 25.6. The average molecular weight is 517 g/mol. The summed E-state index contributed by atoms with van der Waals surface area (Å²) in [5.41, 5.74) is 2.91. The molecule has 8 heteroatoms. The summed E-state index contributed by atoms with van der Waals surface area (Å²) in [6.07, 6.45) is 0.0322. The van der Waals surface area contributed by atoms with Crippen LogP contribution in [0.1, 0.15) is 42.2 Å². The topological polar surface area (TPSA) is 102 Å². The molecule has 0 aliphatic rings. The lowest BCUT2D eigenvalue weighted by Gasteiger charge is -2.28. The molecule has 0 radical (unpaired) electrons. The van der Waals surface area contributed by atoms with Crippen LogP contribution in [0.5, 0.6) is 11.5 Å². The van der Waals surface area contributed by atoms with Gasteiger partial charge in [-0.15, -0.1) is 0 Å². The monoisotopic (exact) mass is 516 g/mol. The van der Waals surface area contributed by atoms with Crippen LogP contribution in [0.3, 0.4) is 0 Å². The molecular weight excluding hydrogens is 487 g/mol. The first kappa shape index (κ1) is 26.8. The largest absolute Gasteiger partial charge is 0.508 e. The van der Waals surface area contributed by atoms with Crippen molar-refractivity contribution in [2.45, 2.75) is 44.9 Å². The predicted octanol–water partition coefficient (Wildman–Crippen LogP) is 4.91. The molecule has 0 bridgehead atoms. The first-order chi connectivity index (χ1) is 16.5. The average Bonchev–Trinajstić information content (AvgIpc) is 2.77. The van der Waals surface area contributed by atoms with Crippen LogP contribution in [-0.4, -0.2) is 33.3 Å². The SMILES string of the molecule is CC(C)(Cc1cccc(CC(=O)NCc2ccc(Cl)c(Cl)c2)c1)NC[C@H](O)c1cc(O)cc(O)c1. The molecule has 3 rings (SSSR count). The van der Waals surface area contributed by atoms with Gasteiger partial charge >= 0.3 is 0 Å². The zero-order valence-electron chi connectivity index (χ0n) is 19.7. The fourth-order valence-corrected chi connectivity index (χ4v) is 4.14. The van der Waals surface area contributed by atoms with Gasteiger partial charge in [-0.1, -0.05) is 53.5 Å². The van der Waals surface area contributed by atoms with Crippen LogP contribution in [0, 0.1) is 0 Å². The van der Waals surface area contributed by atoms with Crippen molar-refractivity contribution < 1.29 is 20.1 Å². The Morgan fingerprint density at radius 1 is 0.914 bits per heavy atom. The van der Waals surface area contributed by atoms with E-state index in [1.165, 1.54) is 18.2 Å². The Kier molecular flexibility index (Phi) is 9.03. The summed E-state index contributed by atoms with van der Waals surface area (Å²) in [5.74, 6) is -0.296. The van der Waals surface area contributed by atoms with Crippen molar-refractivity contribution in [1.82, 2.24) is 10.6 Å². The molecule has 3 aromatic rings. The van der Waals surface area contributed by atoms with Gasteiger partial charge < -0.3 is 26.0 Å². The molecule has 6 nitrogen and oxygen atoms in total. The molecule has 0 spiro atoms. The summed E-state index contributed by atoms with van der Waals surface area (Å²) in [6.45, 7) is 4.66. The molecule has 186 valence electrons. The van der Waals surface area contributed by atoms with E-state index in [0.717, 1.165) is 16.7 Å². The van der Waals surface area contributed by atoms with Gasteiger partial charge in [0.05, 0.1) is 22.6 Å². The minimum atomic E-state index is -0.891. The van der Waals surface area contributed by atoms with Crippen molar-refractivity contribution in [3.05, 3.63) is 93.0 Å². The van der Waals surface area contributed by atoms with Crippen molar-refractivity contribution in [2.75, 3.05) is 6.54 Å². The number of phenolic OH excluding ortho intramolecular Hbond substituents is 2. The number of nitrogens with one attached hydrogen (secondary N) is 2. The fourth-order valence-electron chi connectivity index (χ4n) is 3.82. The zero-order valence-corrected chi connectivity index (χ0v) is 21.2. The molecule has 0 aromatic heterocycles. The molecule has 0 aliphatic heterocycles. The highest BCUT2D eigenvalue weighted by atomic mass is 35.5. The van der Waals surface area contributed by atoms with Gasteiger partial charge in [-0.05, 0) is 66.8 Å². The molecule has 0 heterocycles. The Bertz CT molecular complexity index is 1160. The summed E-state index contributed by atoms with van der Waals surface area (Å²) in [5, 5.41) is 36.9. The van der Waals surface area contributed by atoms with Gasteiger partial charge in [-0.2, -0.15) is 0 Å². The third-order valence-electron chi connectivity index (χ3n) is 5.56. The van der Waals surface area contributed by atoms with Crippen LogP contribution < -0.4 is 10.6 Å². The molecule has 0 saturated carbocycles. The third-order valence-corrected chi connectivity index (χ3v) is 6.30. The van der Waals surface area contributed by atoms with Crippen LogP contribution in [0.2, 0.25) is 10.0 Å². The molecule has 5 N–H and O–H groups in total. The van der Waals surface area contributed by atoms with Crippen LogP contribution >= 0.6 is 23.2 Å². The van der Waals surface area contributed by atoms with E-state index in [2.05, 4.69) is 10.6 Å². The minimum absolute atomic E-state index is 0.0944. The number of halogens is 2. The molecule has 3 aromatic carbocycles. The smallest absolute Gasteiger partial charge is 0.224 e. The van der Waals surface area contributed by atoms with Gasteiger partial charge in [0.15, 0.2) is 0 Å². The van der Waals surface area contributed by atoms with Crippen LogP contribution in [-0.2, 0) is 24.2 Å². The van der Waals surface area contributed by atoms with Crippen LogP contribution in [0.4, 0.5) is 0 Å². The molecule has 0 fully saturated rings. The quantitative estimate of drug-likeness (QED) is 0.263. The number of aliphatic hydroxyl groups excluding tert-OH is 1. The highest BCUT2D eigenvalue weighted by molar-refractivity contribution is 6.42. The van der Waals surface area contributed by atoms with Gasteiger partial charge in [-0.3, -0.25) is 4.79 Å². The number of phenols is 2. The maximum absolute atomic E-state index is 12.4. The Hall–Kier alpha value is -2.77. The number of benzene rings is 3. The number of hydrogen-bond acceptors (Lipinski definition) is 5. The van der Waals surface area contributed by atoms with Gasteiger partial charge in [0, 0.05) is 24.7 Å². The Balaban J connectivity index is 1.53. The van der Waals surface area contributed by atoms with E-state index in [0.29, 0.717) is 28.6 Å². The summed E-state index contributed by atoms with van der Waals surface area (Å²) < 4.78 is 0. The van der Waals surface area contributed by atoms with Crippen molar-refractivity contribution in [3.63, 3.8) is 0 Å². The van der Waals surface area contributed by atoms with E-state index >= 15 is 0 Å². The fraction of sp³-hybridized carbons (Fsp3) is 0.296. The number of hydrogen-bond donors (Lipinski definition) is 5. The summed E-state index contributed by atoms with van der Waals surface area (Å²) in [7, 11) is 0.